The molecule has 1 N–H and O–H groups in total. The quantitative estimate of drug-likeness (QED) is 0.894. The van der Waals surface area contributed by atoms with Crippen molar-refractivity contribution in [1.29, 1.82) is 0 Å². The van der Waals surface area contributed by atoms with Crippen molar-refractivity contribution in [2.75, 3.05) is 0 Å². The van der Waals surface area contributed by atoms with Gasteiger partial charge in [0.25, 0.3) is 0 Å². The van der Waals surface area contributed by atoms with Crippen LogP contribution in [-0.4, -0.2) is 18.1 Å². The van der Waals surface area contributed by atoms with Crippen LogP contribution in [0.4, 0.5) is 13.2 Å². The first-order valence-electron chi connectivity index (χ1n) is 4.91. The van der Waals surface area contributed by atoms with Gasteiger partial charge in [-0.2, -0.15) is 13.2 Å². The topological polar surface area (TPSA) is 29.1 Å². The third kappa shape index (κ3) is 4.65. The summed E-state index contributed by atoms with van der Waals surface area (Å²) in [5, 5.41) is 2.39. The van der Waals surface area contributed by atoms with E-state index in [0.29, 0.717) is 11.4 Å². The monoisotopic (exact) mass is 265 g/mol. The van der Waals surface area contributed by atoms with Gasteiger partial charge in [-0.25, -0.2) is 0 Å². The molecular weight excluding hydrogens is 255 g/mol. The number of rotatable bonds is 3. The molecule has 1 aromatic rings. The van der Waals surface area contributed by atoms with Crippen LogP contribution >= 0.6 is 11.6 Å². The Morgan fingerprint density at radius 2 is 2.12 bits per heavy atom. The maximum Gasteiger partial charge on any atom is 0.471 e. The molecule has 0 aliphatic carbocycles. The van der Waals surface area contributed by atoms with Crippen molar-refractivity contribution < 1.29 is 18.0 Å². The average Bonchev–Trinajstić information content (AvgIpc) is 2.15. The van der Waals surface area contributed by atoms with Crippen LogP contribution in [0.5, 0.6) is 0 Å². The van der Waals surface area contributed by atoms with E-state index < -0.39 is 18.1 Å². The Morgan fingerprint density at radius 1 is 1.47 bits per heavy atom. The Balaban J connectivity index is 2.56. The predicted molar refractivity (Wildman–Crippen MR) is 58.8 cm³/mol. The Labute approximate surface area is 102 Å². The molecular formula is C11H11ClF3NO. The fraction of sp³-hybridized carbons (Fsp3) is 0.364. The molecule has 0 aliphatic rings. The second-order valence-electron chi connectivity index (χ2n) is 3.71. The highest BCUT2D eigenvalue weighted by molar-refractivity contribution is 6.30. The van der Waals surface area contributed by atoms with Crippen LogP contribution < -0.4 is 5.32 Å². The molecule has 1 unspecified atom stereocenters. The fourth-order valence-corrected chi connectivity index (χ4v) is 1.59. The first-order valence-corrected chi connectivity index (χ1v) is 5.29. The van der Waals surface area contributed by atoms with Crippen LogP contribution in [0, 0.1) is 0 Å². The molecule has 0 saturated carbocycles. The first kappa shape index (κ1) is 13.8. The zero-order valence-electron chi connectivity index (χ0n) is 9.01. The summed E-state index contributed by atoms with van der Waals surface area (Å²) in [5.41, 5.74) is 0.771. The molecule has 0 fully saturated rings. The SMILES string of the molecule is CC(Cc1cccc(Cl)c1)NC(=O)C(F)(F)F. The van der Waals surface area contributed by atoms with Gasteiger partial charge in [0, 0.05) is 11.1 Å². The van der Waals surface area contributed by atoms with Crippen LogP contribution in [0.2, 0.25) is 5.02 Å². The van der Waals surface area contributed by atoms with Crippen LogP contribution in [0.25, 0.3) is 0 Å². The lowest BCUT2D eigenvalue weighted by atomic mass is 10.1. The summed E-state index contributed by atoms with van der Waals surface area (Å²) in [6.07, 6.45) is -4.55. The molecule has 0 radical (unpaired) electrons. The Kier molecular flexibility index (Phi) is 4.40. The van der Waals surface area contributed by atoms with Crippen molar-refractivity contribution in [3.63, 3.8) is 0 Å². The molecule has 0 heterocycles. The van der Waals surface area contributed by atoms with Gasteiger partial charge in [0.15, 0.2) is 0 Å². The van der Waals surface area contributed by atoms with E-state index in [4.69, 9.17) is 11.6 Å². The molecule has 0 aromatic heterocycles. The largest absolute Gasteiger partial charge is 0.471 e. The molecule has 1 aromatic carbocycles. The van der Waals surface area contributed by atoms with E-state index >= 15 is 0 Å². The summed E-state index contributed by atoms with van der Waals surface area (Å²) < 4.78 is 35.9. The third-order valence-corrected chi connectivity index (χ3v) is 2.30. The molecule has 17 heavy (non-hydrogen) atoms. The van der Waals surface area contributed by atoms with Crippen molar-refractivity contribution >= 4 is 17.5 Å². The minimum atomic E-state index is -4.84. The Bertz CT molecular complexity index is 406. The molecule has 94 valence electrons. The van der Waals surface area contributed by atoms with E-state index in [1.807, 2.05) is 5.32 Å². The molecule has 1 amide bonds. The standard InChI is InChI=1S/C11H11ClF3NO/c1-7(16-10(17)11(13,14)15)5-8-3-2-4-9(12)6-8/h2-4,6-7H,5H2,1H3,(H,16,17). The number of carbonyl (C=O) groups excluding carboxylic acids is 1. The maximum atomic E-state index is 12.0. The van der Waals surface area contributed by atoms with Crippen LogP contribution in [0.3, 0.4) is 0 Å². The fourth-order valence-electron chi connectivity index (χ4n) is 1.37. The van der Waals surface area contributed by atoms with Gasteiger partial charge < -0.3 is 5.32 Å². The Hall–Kier alpha value is -1.23. The van der Waals surface area contributed by atoms with Crippen molar-refractivity contribution in [1.82, 2.24) is 5.32 Å². The lowest BCUT2D eigenvalue weighted by molar-refractivity contribution is -0.174. The van der Waals surface area contributed by atoms with Gasteiger partial charge in [-0.15, -0.1) is 0 Å². The summed E-state index contributed by atoms with van der Waals surface area (Å²) in [4.78, 5) is 10.7. The van der Waals surface area contributed by atoms with Gasteiger partial charge in [-0.3, -0.25) is 4.79 Å². The predicted octanol–water partition coefficient (Wildman–Crippen LogP) is 2.95. The highest BCUT2D eigenvalue weighted by Crippen LogP contribution is 2.16. The Morgan fingerprint density at radius 3 is 2.65 bits per heavy atom. The lowest BCUT2D eigenvalue weighted by Gasteiger charge is -2.15. The normalized spacial score (nSPS) is 13.2. The molecule has 1 atom stereocenters. The van der Waals surface area contributed by atoms with Gasteiger partial charge in [0.05, 0.1) is 0 Å². The number of benzene rings is 1. The number of hydrogen-bond acceptors (Lipinski definition) is 1. The highest BCUT2D eigenvalue weighted by Gasteiger charge is 2.39. The van der Waals surface area contributed by atoms with Gasteiger partial charge >= 0.3 is 12.1 Å². The number of halogens is 4. The number of nitrogens with one attached hydrogen (secondary N) is 1. The van der Waals surface area contributed by atoms with E-state index in [1.54, 1.807) is 24.3 Å². The zero-order chi connectivity index (χ0) is 13.1. The summed E-state index contributed by atoms with van der Waals surface area (Å²) in [6.45, 7) is 1.50. The summed E-state index contributed by atoms with van der Waals surface area (Å²) in [6, 6.07) is 6.16. The molecule has 6 heteroatoms. The zero-order valence-corrected chi connectivity index (χ0v) is 9.77. The second kappa shape index (κ2) is 5.40. The minimum absolute atomic E-state index is 0.294. The van der Waals surface area contributed by atoms with E-state index in [0.717, 1.165) is 5.56 Å². The van der Waals surface area contributed by atoms with E-state index in [9.17, 15) is 18.0 Å². The smallest absolute Gasteiger partial charge is 0.345 e. The van der Waals surface area contributed by atoms with Crippen molar-refractivity contribution in [3.8, 4) is 0 Å². The van der Waals surface area contributed by atoms with Gasteiger partial charge in [-0.05, 0) is 31.0 Å². The second-order valence-corrected chi connectivity index (χ2v) is 4.14. The first-order chi connectivity index (χ1) is 7.79. The molecule has 2 nitrogen and oxygen atoms in total. The van der Waals surface area contributed by atoms with Crippen molar-refractivity contribution in [3.05, 3.63) is 34.9 Å². The molecule has 0 bridgehead atoms. The molecule has 0 aliphatic heterocycles. The van der Waals surface area contributed by atoms with Crippen LogP contribution in [0.1, 0.15) is 12.5 Å². The van der Waals surface area contributed by atoms with E-state index in [1.165, 1.54) is 6.92 Å². The molecule has 0 spiro atoms. The molecule has 0 saturated heterocycles. The van der Waals surface area contributed by atoms with E-state index in [-0.39, 0.29) is 0 Å². The molecule has 1 rings (SSSR count). The number of alkyl halides is 3. The number of amides is 1. The van der Waals surface area contributed by atoms with E-state index in [2.05, 4.69) is 0 Å². The summed E-state index contributed by atoms with van der Waals surface area (Å²) in [5.74, 6) is -1.92. The third-order valence-electron chi connectivity index (χ3n) is 2.07. The van der Waals surface area contributed by atoms with Crippen molar-refractivity contribution in [2.45, 2.75) is 25.6 Å². The van der Waals surface area contributed by atoms with Gasteiger partial charge in [-0.1, -0.05) is 23.7 Å². The van der Waals surface area contributed by atoms with Gasteiger partial charge in [0.2, 0.25) is 0 Å². The minimum Gasteiger partial charge on any atom is -0.345 e. The van der Waals surface area contributed by atoms with Crippen LogP contribution in [-0.2, 0) is 11.2 Å². The summed E-state index contributed by atoms with van der Waals surface area (Å²) in [7, 11) is 0. The lowest BCUT2D eigenvalue weighted by Crippen LogP contribution is -2.42. The average molecular weight is 266 g/mol. The maximum absolute atomic E-state index is 12.0. The summed E-state index contributed by atoms with van der Waals surface area (Å²) >= 11 is 5.74. The van der Waals surface area contributed by atoms with Crippen LogP contribution in [0.15, 0.2) is 24.3 Å². The van der Waals surface area contributed by atoms with Crippen molar-refractivity contribution in [2.24, 2.45) is 0 Å². The highest BCUT2D eigenvalue weighted by atomic mass is 35.5. The number of hydrogen-bond donors (Lipinski definition) is 1. The number of carbonyl (C=O) groups is 1. The van der Waals surface area contributed by atoms with Gasteiger partial charge in [0.1, 0.15) is 0 Å².